The molecule has 1 amide bonds. The van der Waals surface area contributed by atoms with Crippen molar-refractivity contribution in [2.24, 2.45) is 0 Å². The monoisotopic (exact) mass is 366 g/mol. The number of carbonyl (C=O) groups is 1. The molecule has 1 aromatic carbocycles. The van der Waals surface area contributed by atoms with Gasteiger partial charge in [0.25, 0.3) is 5.91 Å². The van der Waals surface area contributed by atoms with Gasteiger partial charge in [-0.2, -0.15) is 5.10 Å². The summed E-state index contributed by atoms with van der Waals surface area (Å²) < 4.78 is 11.6. The van der Waals surface area contributed by atoms with E-state index in [9.17, 15) is 4.79 Å². The summed E-state index contributed by atoms with van der Waals surface area (Å²) in [6, 6.07) is 5.78. The number of amides is 1. The van der Waals surface area contributed by atoms with Gasteiger partial charge in [-0.1, -0.05) is 0 Å². The SMILES string of the molecule is CCOc1cc2c(cc1CNC(=O)c1cnc3n[nH]c(C)c3c1)OC(C)C2. The number of benzene rings is 1. The number of aryl methyl sites for hydroxylation is 1. The first-order chi connectivity index (χ1) is 13.0. The maximum absolute atomic E-state index is 12.6. The van der Waals surface area contributed by atoms with Crippen LogP contribution in [0.4, 0.5) is 0 Å². The topological polar surface area (TPSA) is 89.1 Å². The molecule has 1 aliphatic heterocycles. The van der Waals surface area contributed by atoms with Gasteiger partial charge in [0.1, 0.15) is 17.6 Å². The molecule has 7 nitrogen and oxygen atoms in total. The molecule has 0 bridgehead atoms. The lowest BCUT2D eigenvalue weighted by Crippen LogP contribution is -2.23. The number of rotatable bonds is 5. The van der Waals surface area contributed by atoms with Crippen molar-refractivity contribution in [1.82, 2.24) is 20.5 Å². The molecule has 0 saturated carbocycles. The molecule has 1 aliphatic rings. The fraction of sp³-hybridized carbons (Fsp3) is 0.350. The van der Waals surface area contributed by atoms with E-state index >= 15 is 0 Å². The average molecular weight is 366 g/mol. The first-order valence-electron chi connectivity index (χ1n) is 9.09. The van der Waals surface area contributed by atoms with Crippen LogP contribution in [0, 0.1) is 6.92 Å². The highest BCUT2D eigenvalue weighted by Gasteiger charge is 2.22. The van der Waals surface area contributed by atoms with Gasteiger partial charge in [0.15, 0.2) is 5.65 Å². The van der Waals surface area contributed by atoms with Crippen LogP contribution in [0.2, 0.25) is 0 Å². The molecule has 1 atom stereocenters. The van der Waals surface area contributed by atoms with E-state index in [4.69, 9.17) is 9.47 Å². The van der Waals surface area contributed by atoms with Crippen LogP contribution in [0.5, 0.6) is 11.5 Å². The van der Waals surface area contributed by atoms with Crippen LogP contribution in [0.15, 0.2) is 24.4 Å². The molecule has 0 spiro atoms. The first-order valence-corrected chi connectivity index (χ1v) is 9.09. The van der Waals surface area contributed by atoms with Crippen molar-refractivity contribution in [3.05, 3.63) is 46.8 Å². The van der Waals surface area contributed by atoms with E-state index < -0.39 is 0 Å². The zero-order valence-electron chi connectivity index (χ0n) is 15.6. The minimum Gasteiger partial charge on any atom is -0.494 e. The normalized spacial score (nSPS) is 15.4. The summed E-state index contributed by atoms with van der Waals surface area (Å²) in [4.78, 5) is 16.8. The van der Waals surface area contributed by atoms with Gasteiger partial charge in [0.05, 0.1) is 12.2 Å². The van der Waals surface area contributed by atoms with E-state index in [2.05, 4.69) is 20.5 Å². The fourth-order valence-corrected chi connectivity index (χ4v) is 3.33. The number of hydrogen-bond acceptors (Lipinski definition) is 5. The summed E-state index contributed by atoms with van der Waals surface area (Å²) in [6.45, 7) is 6.81. The van der Waals surface area contributed by atoms with Crippen LogP contribution in [-0.4, -0.2) is 33.8 Å². The summed E-state index contributed by atoms with van der Waals surface area (Å²) in [5, 5.41) is 10.8. The summed E-state index contributed by atoms with van der Waals surface area (Å²) in [5.74, 6) is 1.46. The molecule has 0 aliphatic carbocycles. The number of ether oxygens (including phenoxy) is 2. The van der Waals surface area contributed by atoms with E-state index in [0.29, 0.717) is 24.4 Å². The molecule has 7 heteroatoms. The number of nitrogens with zero attached hydrogens (tertiary/aromatic N) is 2. The highest BCUT2D eigenvalue weighted by molar-refractivity contribution is 5.97. The van der Waals surface area contributed by atoms with Crippen molar-refractivity contribution < 1.29 is 14.3 Å². The van der Waals surface area contributed by atoms with Gasteiger partial charge in [0.2, 0.25) is 0 Å². The molecule has 0 fully saturated rings. The third-order valence-corrected chi connectivity index (χ3v) is 4.68. The Morgan fingerprint density at radius 1 is 1.41 bits per heavy atom. The number of aromatic nitrogens is 3. The Bertz CT molecular complexity index is 1010. The Kier molecular flexibility index (Phi) is 4.43. The van der Waals surface area contributed by atoms with Crippen LogP contribution in [0.25, 0.3) is 11.0 Å². The number of pyridine rings is 1. The molecule has 140 valence electrons. The van der Waals surface area contributed by atoms with E-state index in [1.54, 1.807) is 6.07 Å². The number of carbonyl (C=O) groups excluding carboxylic acids is 1. The van der Waals surface area contributed by atoms with Crippen LogP contribution in [0.1, 0.15) is 41.0 Å². The highest BCUT2D eigenvalue weighted by atomic mass is 16.5. The second-order valence-electron chi connectivity index (χ2n) is 6.76. The molecule has 4 rings (SSSR count). The molecular formula is C20H22N4O3. The van der Waals surface area contributed by atoms with Crippen molar-refractivity contribution >= 4 is 16.9 Å². The maximum Gasteiger partial charge on any atom is 0.253 e. The molecule has 3 aromatic rings. The van der Waals surface area contributed by atoms with Crippen LogP contribution >= 0.6 is 0 Å². The predicted molar refractivity (Wildman–Crippen MR) is 101 cm³/mol. The quantitative estimate of drug-likeness (QED) is 0.725. The zero-order chi connectivity index (χ0) is 19.0. The standard InChI is InChI=1S/C20H22N4O3/c1-4-26-17-7-13-5-11(2)27-18(13)8-14(17)9-22-20(25)15-6-16-12(3)23-24-19(16)21-10-15/h6-8,10-11H,4-5,9H2,1-3H3,(H,22,25)(H,21,23,24). The van der Waals surface area contributed by atoms with E-state index in [0.717, 1.165) is 40.1 Å². The number of nitrogens with one attached hydrogen (secondary N) is 2. The fourth-order valence-electron chi connectivity index (χ4n) is 3.33. The van der Waals surface area contributed by atoms with Crippen molar-refractivity contribution in [1.29, 1.82) is 0 Å². The van der Waals surface area contributed by atoms with Crippen molar-refractivity contribution in [2.75, 3.05) is 6.61 Å². The van der Waals surface area contributed by atoms with Gasteiger partial charge >= 0.3 is 0 Å². The highest BCUT2D eigenvalue weighted by Crippen LogP contribution is 2.35. The largest absolute Gasteiger partial charge is 0.494 e. The van der Waals surface area contributed by atoms with Gasteiger partial charge in [-0.25, -0.2) is 4.98 Å². The molecule has 0 radical (unpaired) electrons. The average Bonchev–Trinajstić information content (AvgIpc) is 3.21. The van der Waals surface area contributed by atoms with Crippen molar-refractivity contribution in [3.8, 4) is 11.5 Å². The summed E-state index contributed by atoms with van der Waals surface area (Å²) in [5.41, 5.74) is 4.02. The van der Waals surface area contributed by atoms with Gasteiger partial charge < -0.3 is 14.8 Å². The molecule has 0 saturated heterocycles. The second kappa shape index (κ2) is 6.90. The first kappa shape index (κ1) is 17.3. The Balaban J connectivity index is 1.54. The van der Waals surface area contributed by atoms with Crippen LogP contribution < -0.4 is 14.8 Å². The van der Waals surface area contributed by atoms with E-state index in [1.165, 1.54) is 6.20 Å². The third-order valence-electron chi connectivity index (χ3n) is 4.68. The molecule has 3 heterocycles. The summed E-state index contributed by atoms with van der Waals surface area (Å²) in [6.07, 6.45) is 2.57. The van der Waals surface area contributed by atoms with Gasteiger partial charge in [-0.05, 0) is 39.0 Å². The minimum atomic E-state index is -0.192. The number of fused-ring (bicyclic) bond motifs is 2. The molecule has 2 N–H and O–H groups in total. The molecular weight excluding hydrogens is 344 g/mol. The number of hydrogen-bond donors (Lipinski definition) is 2. The van der Waals surface area contributed by atoms with Crippen molar-refractivity contribution in [3.63, 3.8) is 0 Å². The molecule has 27 heavy (non-hydrogen) atoms. The lowest BCUT2D eigenvalue weighted by Gasteiger charge is -2.13. The van der Waals surface area contributed by atoms with Gasteiger partial charge in [0, 0.05) is 41.4 Å². The predicted octanol–water partition coefficient (Wildman–Crippen LogP) is 2.92. The Morgan fingerprint density at radius 3 is 3.07 bits per heavy atom. The third kappa shape index (κ3) is 3.32. The summed E-state index contributed by atoms with van der Waals surface area (Å²) >= 11 is 0. The Morgan fingerprint density at radius 2 is 2.26 bits per heavy atom. The van der Waals surface area contributed by atoms with E-state index in [1.807, 2.05) is 32.9 Å². The molecule has 2 aromatic heterocycles. The summed E-state index contributed by atoms with van der Waals surface area (Å²) in [7, 11) is 0. The van der Waals surface area contributed by atoms with Gasteiger partial charge in [-0.3, -0.25) is 9.89 Å². The minimum absolute atomic E-state index is 0.162. The number of aromatic amines is 1. The second-order valence-corrected chi connectivity index (χ2v) is 6.76. The number of H-pyrrole nitrogens is 1. The maximum atomic E-state index is 12.6. The smallest absolute Gasteiger partial charge is 0.253 e. The van der Waals surface area contributed by atoms with Gasteiger partial charge in [-0.15, -0.1) is 0 Å². The van der Waals surface area contributed by atoms with Crippen LogP contribution in [0.3, 0.4) is 0 Å². The lowest BCUT2D eigenvalue weighted by atomic mass is 10.1. The van der Waals surface area contributed by atoms with Crippen LogP contribution in [-0.2, 0) is 13.0 Å². The van der Waals surface area contributed by atoms with E-state index in [-0.39, 0.29) is 12.0 Å². The molecule has 1 unspecified atom stereocenters. The Hall–Kier alpha value is -3.09. The van der Waals surface area contributed by atoms with Crippen molar-refractivity contribution in [2.45, 2.75) is 39.8 Å². The lowest BCUT2D eigenvalue weighted by molar-refractivity contribution is 0.0950. The Labute approximate surface area is 157 Å². The zero-order valence-corrected chi connectivity index (χ0v) is 15.6.